The number of hydrogen-bond donors (Lipinski definition) is 1. The third-order valence-electron chi connectivity index (χ3n) is 3.25. The van der Waals surface area contributed by atoms with Gasteiger partial charge in [-0.25, -0.2) is 0 Å². The van der Waals surface area contributed by atoms with Gasteiger partial charge in [0.15, 0.2) is 5.78 Å². The summed E-state index contributed by atoms with van der Waals surface area (Å²) in [6.45, 7) is 6.46. The molecule has 2 nitrogen and oxygen atoms in total. The maximum absolute atomic E-state index is 12.5. The lowest BCUT2D eigenvalue weighted by atomic mass is 9.86. The van der Waals surface area contributed by atoms with Crippen molar-refractivity contribution in [2.24, 2.45) is 0 Å². The van der Waals surface area contributed by atoms with E-state index in [4.69, 9.17) is 5.73 Å². The van der Waals surface area contributed by atoms with E-state index in [9.17, 15) is 4.79 Å². The molecule has 0 aromatic heterocycles. The average molecular weight is 332 g/mol. The number of carbonyl (C=O) groups is 1. The fourth-order valence-electron chi connectivity index (χ4n) is 1.99. The molecule has 20 heavy (non-hydrogen) atoms. The van der Waals surface area contributed by atoms with Gasteiger partial charge in [-0.05, 0) is 45.1 Å². The third-order valence-corrected chi connectivity index (χ3v) is 3.91. The van der Waals surface area contributed by atoms with Gasteiger partial charge in [-0.1, -0.05) is 45.0 Å². The van der Waals surface area contributed by atoms with Crippen LogP contribution in [0.2, 0.25) is 0 Å². The zero-order valence-corrected chi connectivity index (χ0v) is 13.5. The maximum Gasteiger partial charge on any atom is 0.194 e. The highest BCUT2D eigenvalue weighted by Crippen LogP contribution is 2.25. The molecular weight excluding hydrogens is 314 g/mol. The van der Waals surface area contributed by atoms with Crippen molar-refractivity contribution in [1.82, 2.24) is 0 Å². The molecule has 0 aliphatic carbocycles. The second-order valence-corrected chi connectivity index (χ2v) is 6.75. The highest BCUT2D eigenvalue weighted by atomic mass is 79.9. The van der Waals surface area contributed by atoms with Gasteiger partial charge in [0, 0.05) is 21.3 Å². The Morgan fingerprint density at radius 3 is 2.15 bits per heavy atom. The molecular formula is C17H18BrNO. The molecule has 0 saturated carbocycles. The molecule has 0 heterocycles. The summed E-state index contributed by atoms with van der Waals surface area (Å²) in [5.74, 6) is -0.00247. The number of rotatable bonds is 2. The molecule has 2 rings (SSSR count). The van der Waals surface area contributed by atoms with Crippen LogP contribution in [0.1, 0.15) is 42.3 Å². The first-order valence-corrected chi connectivity index (χ1v) is 7.28. The van der Waals surface area contributed by atoms with Crippen LogP contribution in [-0.4, -0.2) is 5.78 Å². The lowest BCUT2D eigenvalue weighted by Gasteiger charge is -2.19. The molecule has 0 unspecified atom stereocenters. The minimum Gasteiger partial charge on any atom is -0.399 e. The Morgan fingerprint density at radius 1 is 1.05 bits per heavy atom. The van der Waals surface area contributed by atoms with Gasteiger partial charge in [-0.15, -0.1) is 0 Å². The number of nitrogens with two attached hydrogens (primary N) is 1. The van der Waals surface area contributed by atoms with E-state index >= 15 is 0 Å². The highest BCUT2D eigenvalue weighted by Gasteiger charge is 2.16. The Morgan fingerprint density at radius 2 is 1.65 bits per heavy atom. The quantitative estimate of drug-likeness (QED) is 0.647. The van der Waals surface area contributed by atoms with Gasteiger partial charge in [0.1, 0.15) is 0 Å². The first kappa shape index (κ1) is 14.8. The second kappa shape index (κ2) is 5.41. The van der Waals surface area contributed by atoms with Crippen molar-refractivity contribution in [3.8, 4) is 0 Å². The largest absolute Gasteiger partial charge is 0.399 e. The molecule has 0 fully saturated rings. The predicted molar refractivity (Wildman–Crippen MR) is 87.1 cm³/mol. The van der Waals surface area contributed by atoms with Crippen LogP contribution in [0.3, 0.4) is 0 Å². The van der Waals surface area contributed by atoms with Gasteiger partial charge in [0.05, 0.1) is 0 Å². The lowest BCUT2D eigenvalue weighted by molar-refractivity contribution is 0.103. The van der Waals surface area contributed by atoms with Gasteiger partial charge in [0.25, 0.3) is 0 Å². The highest BCUT2D eigenvalue weighted by molar-refractivity contribution is 9.10. The molecule has 3 heteroatoms. The summed E-state index contributed by atoms with van der Waals surface area (Å²) in [5.41, 5.74) is 8.94. The fourth-order valence-corrected chi connectivity index (χ4v) is 2.57. The number of anilines is 1. The number of benzene rings is 2. The van der Waals surface area contributed by atoms with Crippen molar-refractivity contribution in [2.75, 3.05) is 5.73 Å². The SMILES string of the molecule is CC(C)(C)c1ccc(C(=O)c2ccc(N)cc2Br)cc1. The molecule has 0 atom stereocenters. The van der Waals surface area contributed by atoms with Crippen LogP contribution >= 0.6 is 15.9 Å². The van der Waals surface area contributed by atoms with Gasteiger partial charge in [-0.3, -0.25) is 4.79 Å². The van der Waals surface area contributed by atoms with Crippen LogP contribution in [-0.2, 0) is 5.41 Å². The summed E-state index contributed by atoms with van der Waals surface area (Å²) in [7, 11) is 0. The number of nitrogen functional groups attached to an aromatic ring is 1. The Labute approximate surface area is 128 Å². The molecule has 0 radical (unpaired) electrons. The first-order valence-electron chi connectivity index (χ1n) is 6.49. The third kappa shape index (κ3) is 3.10. The number of carbonyl (C=O) groups excluding carboxylic acids is 1. The Kier molecular flexibility index (Phi) is 4.00. The Hall–Kier alpha value is -1.61. The number of hydrogen-bond acceptors (Lipinski definition) is 2. The van der Waals surface area contributed by atoms with E-state index < -0.39 is 0 Å². The van der Waals surface area contributed by atoms with Crippen LogP contribution < -0.4 is 5.73 Å². The molecule has 0 bridgehead atoms. The van der Waals surface area contributed by atoms with Gasteiger partial charge >= 0.3 is 0 Å². The summed E-state index contributed by atoms with van der Waals surface area (Å²) >= 11 is 3.39. The van der Waals surface area contributed by atoms with E-state index in [1.165, 1.54) is 5.56 Å². The Balaban J connectivity index is 2.34. The number of ketones is 1. The predicted octanol–water partition coefficient (Wildman–Crippen LogP) is 4.56. The molecule has 2 aromatic carbocycles. The van der Waals surface area contributed by atoms with Crippen LogP contribution in [0.25, 0.3) is 0 Å². The van der Waals surface area contributed by atoms with Crippen molar-refractivity contribution in [3.05, 3.63) is 63.6 Å². The second-order valence-electron chi connectivity index (χ2n) is 5.90. The van der Waals surface area contributed by atoms with Crippen molar-refractivity contribution >= 4 is 27.4 Å². The first-order chi connectivity index (χ1) is 9.29. The monoisotopic (exact) mass is 331 g/mol. The lowest BCUT2D eigenvalue weighted by Crippen LogP contribution is -2.11. The normalized spacial score (nSPS) is 11.4. The standard InChI is InChI=1S/C17H18BrNO/c1-17(2,3)12-6-4-11(5-7-12)16(20)14-9-8-13(19)10-15(14)18/h4-10H,19H2,1-3H3. The molecule has 0 aliphatic heterocycles. The molecule has 2 N–H and O–H groups in total. The van der Waals surface area contributed by atoms with Crippen molar-refractivity contribution in [3.63, 3.8) is 0 Å². The smallest absolute Gasteiger partial charge is 0.194 e. The fraction of sp³-hybridized carbons (Fsp3) is 0.235. The summed E-state index contributed by atoms with van der Waals surface area (Å²) in [6, 6.07) is 13.0. The van der Waals surface area contributed by atoms with Crippen LogP contribution in [0.5, 0.6) is 0 Å². The molecule has 104 valence electrons. The van der Waals surface area contributed by atoms with E-state index in [1.54, 1.807) is 18.2 Å². The molecule has 0 spiro atoms. The van der Waals surface area contributed by atoms with Gasteiger partial charge in [-0.2, -0.15) is 0 Å². The van der Waals surface area contributed by atoms with E-state index in [-0.39, 0.29) is 11.2 Å². The summed E-state index contributed by atoms with van der Waals surface area (Å²) in [6.07, 6.45) is 0. The molecule has 0 aliphatic rings. The van der Waals surface area contributed by atoms with Gasteiger partial charge < -0.3 is 5.73 Å². The van der Waals surface area contributed by atoms with E-state index in [1.807, 2.05) is 24.3 Å². The maximum atomic E-state index is 12.5. The average Bonchev–Trinajstić information content (AvgIpc) is 2.37. The minimum absolute atomic E-state index is 0.00247. The molecule has 2 aromatic rings. The summed E-state index contributed by atoms with van der Waals surface area (Å²) in [4.78, 5) is 12.5. The van der Waals surface area contributed by atoms with Gasteiger partial charge in [0.2, 0.25) is 0 Å². The van der Waals surface area contributed by atoms with Crippen LogP contribution in [0.15, 0.2) is 46.9 Å². The van der Waals surface area contributed by atoms with Crippen molar-refractivity contribution in [2.45, 2.75) is 26.2 Å². The summed E-state index contributed by atoms with van der Waals surface area (Å²) in [5, 5.41) is 0. The van der Waals surface area contributed by atoms with E-state index in [0.717, 1.165) is 4.47 Å². The Bertz CT molecular complexity index is 639. The van der Waals surface area contributed by atoms with Crippen molar-refractivity contribution in [1.29, 1.82) is 0 Å². The van der Waals surface area contributed by atoms with Crippen LogP contribution in [0, 0.1) is 0 Å². The summed E-state index contributed by atoms with van der Waals surface area (Å²) < 4.78 is 0.724. The zero-order chi connectivity index (χ0) is 14.9. The van der Waals surface area contributed by atoms with E-state index in [0.29, 0.717) is 16.8 Å². The minimum atomic E-state index is -0.00247. The molecule has 0 amide bonds. The van der Waals surface area contributed by atoms with E-state index in [2.05, 4.69) is 36.7 Å². The van der Waals surface area contributed by atoms with Crippen molar-refractivity contribution < 1.29 is 4.79 Å². The topological polar surface area (TPSA) is 43.1 Å². The number of halogens is 1. The molecule has 0 saturated heterocycles. The van der Waals surface area contributed by atoms with Crippen LogP contribution in [0.4, 0.5) is 5.69 Å². The zero-order valence-electron chi connectivity index (χ0n) is 11.9.